The van der Waals surface area contributed by atoms with Crippen LogP contribution in [-0.4, -0.2) is 34.4 Å². The molecule has 1 aliphatic rings. The van der Waals surface area contributed by atoms with Crippen LogP contribution in [0.3, 0.4) is 0 Å². The molecule has 1 aromatic carbocycles. The van der Waals surface area contributed by atoms with Gasteiger partial charge in [-0.2, -0.15) is 0 Å². The van der Waals surface area contributed by atoms with Crippen LogP contribution in [0.15, 0.2) is 30.6 Å². The molecule has 1 atom stereocenters. The number of fused-ring (bicyclic) bond motifs is 1. The molecule has 6 heteroatoms. The van der Waals surface area contributed by atoms with Gasteiger partial charge in [0, 0.05) is 20.3 Å². The van der Waals surface area contributed by atoms with Crippen LogP contribution in [-0.2, 0) is 29.0 Å². The predicted octanol–water partition coefficient (Wildman–Crippen LogP) is 1.66. The van der Waals surface area contributed by atoms with Crippen molar-refractivity contribution in [2.45, 2.75) is 38.3 Å². The molecule has 6 nitrogen and oxygen atoms in total. The average molecular weight is 314 g/mol. The van der Waals surface area contributed by atoms with Crippen molar-refractivity contribution >= 4 is 5.91 Å². The van der Waals surface area contributed by atoms with Gasteiger partial charge in [-0.3, -0.25) is 4.79 Å². The summed E-state index contributed by atoms with van der Waals surface area (Å²) < 4.78 is 7.02. The van der Waals surface area contributed by atoms with Crippen molar-refractivity contribution in [2.24, 2.45) is 0 Å². The fourth-order valence-corrected chi connectivity index (χ4v) is 3.10. The number of methoxy groups -OCH3 is 1. The molecule has 1 aliphatic carbocycles. The second-order valence-electron chi connectivity index (χ2n) is 5.79. The van der Waals surface area contributed by atoms with Crippen LogP contribution >= 0.6 is 0 Å². The van der Waals surface area contributed by atoms with Crippen LogP contribution in [0.1, 0.15) is 35.7 Å². The van der Waals surface area contributed by atoms with E-state index in [4.69, 9.17) is 4.74 Å². The number of hydrogen-bond acceptors (Lipinski definition) is 4. The SMILES string of the molecule is COCCCn1cnnc1CNC(=O)[C@@H]1CCc2ccccc21. The standard InChI is InChI=1S/C17H22N4O2/c1-23-10-4-9-21-12-19-20-16(21)11-18-17(22)15-8-7-13-5-2-3-6-14(13)15/h2-3,5-6,12,15H,4,7-11H2,1H3,(H,18,22)/t15-/m1/s1. The van der Waals surface area contributed by atoms with Gasteiger partial charge >= 0.3 is 0 Å². The summed E-state index contributed by atoms with van der Waals surface area (Å²) in [6.45, 7) is 1.89. The average Bonchev–Trinajstić information content (AvgIpc) is 3.19. The van der Waals surface area contributed by atoms with Crippen molar-refractivity contribution in [1.82, 2.24) is 20.1 Å². The smallest absolute Gasteiger partial charge is 0.227 e. The van der Waals surface area contributed by atoms with E-state index in [0.29, 0.717) is 13.2 Å². The highest BCUT2D eigenvalue weighted by atomic mass is 16.5. The minimum absolute atomic E-state index is 0.0453. The molecular formula is C17H22N4O2. The maximum atomic E-state index is 12.5. The number of nitrogens with zero attached hydrogens (tertiary/aromatic N) is 3. The number of ether oxygens (including phenoxy) is 1. The Morgan fingerprint density at radius 1 is 1.43 bits per heavy atom. The number of carbonyl (C=O) groups is 1. The molecule has 122 valence electrons. The van der Waals surface area contributed by atoms with Crippen molar-refractivity contribution in [3.8, 4) is 0 Å². The summed E-state index contributed by atoms with van der Waals surface area (Å²) in [5, 5.41) is 11.0. The third-order valence-electron chi connectivity index (χ3n) is 4.31. The first kappa shape index (κ1) is 15.7. The molecule has 0 fully saturated rings. The summed E-state index contributed by atoms with van der Waals surface area (Å²) >= 11 is 0. The molecule has 0 bridgehead atoms. The number of nitrogens with one attached hydrogen (secondary N) is 1. The fraction of sp³-hybridized carbons (Fsp3) is 0.471. The second-order valence-corrected chi connectivity index (χ2v) is 5.79. The van der Waals surface area contributed by atoms with Crippen LogP contribution in [0.5, 0.6) is 0 Å². The van der Waals surface area contributed by atoms with Gasteiger partial charge in [-0.15, -0.1) is 10.2 Å². The zero-order valence-electron chi connectivity index (χ0n) is 13.4. The number of hydrogen-bond donors (Lipinski definition) is 1. The van der Waals surface area contributed by atoms with Gasteiger partial charge in [-0.1, -0.05) is 24.3 Å². The zero-order chi connectivity index (χ0) is 16.1. The normalized spacial score (nSPS) is 16.3. The van der Waals surface area contributed by atoms with Gasteiger partial charge in [-0.05, 0) is 30.4 Å². The van der Waals surface area contributed by atoms with E-state index >= 15 is 0 Å². The summed E-state index contributed by atoms with van der Waals surface area (Å²) in [6.07, 6.45) is 4.45. The molecule has 0 spiro atoms. The Morgan fingerprint density at radius 3 is 3.17 bits per heavy atom. The van der Waals surface area contributed by atoms with E-state index in [-0.39, 0.29) is 11.8 Å². The molecule has 23 heavy (non-hydrogen) atoms. The van der Waals surface area contributed by atoms with E-state index in [1.807, 2.05) is 16.7 Å². The van der Waals surface area contributed by atoms with Gasteiger partial charge in [0.25, 0.3) is 0 Å². The molecule has 0 saturated heterocycles. The summed E-state index contributed by atoms with van der Waals surface area (Å²) in [4.78, 5) is 12.5. The molecule has 1 heterocycles. The van der Waals surface area contributed by atoms with Crippen molar-refractivity contribution in [1.29, 1.82) is 0 Å². The van der Waals surface area contributed by atoms with Gasteiger partial charge in [-0.25, -0.2) is 0 Å². The largest absolute Gasteiger partial charge is 0.385 e. The van der Waals surface area contributed by atoms with Crippen molar-refractivity contribution in [3.05, 3.63) is 47.5 Å². The molecule has 0 aliphatic heterocycles. The van der Waals surface area contributed by atoms with Gasteiger partial charge < -0.3 is 14.6 Å². The van der Waals surface area contributed by atoms with Crippen molar-refractivity contribution < 1.29 is 9.53 Å². The lowest BCUT2D eigenvalue weighted by molar-refractivity contribution is -0.122. The monoisotopic (exact) mass is 314 g/mol. The molecule has 0 unspecified atom stereocenters. The Bertz CT molecular complexity index is 668. The number of rotatable bonds is 7. The maximum Gasteiger partial charge on any atom is 0.227 e. The number of aromatic nitrogens is 3. The van der Waals surface area contributed by atoms with Crippen molar-refractivity contribution in [2.75, 3.05) is 13.7 Å². The number of amides is 1. The lowest BCUT2D eigenvalue weighted by Crippen LogP contribution is -2.29. The Kier molecular flexibility index (Phi) is 5.02. The van der Waals surface area contributed by atoms with E-state index in [0.717, 1.165) is 37.2 Å². The third kappa shape index (κ3) is 3.59. The number of aryl methyl sites for hydroxylation is 2. The lowest BCUT2D eigenvalue weighted by atomic mass is 10.0. The first-order valence-electron chi connectivity index (χ1n) is 8.00. The molecule has 0 saturated carbocycles. The Hall–Kier alpha value is -2.21. The van der Waals surface area contributed by atoms with Crippen LogP contribution in [0.4, 0.5) is 0 Å². The molecule has 0 radical (unpaired) electrons. The first-order chi connectivity index (χ1) is 11.3. The van der Waals surface area contributed by atoms with Crippen LogP contribution < -0.4 is 5.32 Å². The van der Waals surface area contributed by atoms with Gasteiger partial charge in [0.15, 0.2) is 5.82 Å². The lowest BCUT2D eigenvalue weighted by Gasteiger charge is -2.12. The number of carbonyl (C=O) groups excluding carboxylic acids is 1. The fourth-order valence-electron chi connectivity index (χ4n) is 3.10. The molecular weight excluding hydrogens is 292 g/mol. The quantitative estimate of drug-likeness (QED) is 0.789. The minimum Gasteiger partial charge on any atom is -0.385 e. The maximum absolute atomic E-state index is 12.5. The van der Waals surface area contributed by atoms with Crippen LogP contribution in [0.25, 0.3) is 0 Å². The Morgan fingerprint density at radius 2 is 2.30 bits per heavy atom. The zero-order valence-corrected chi connectivity index (χ0v) is 13.4. The highest BCUT2D eigenvalue weighted by Crippen LogP contribution is 2.32. The van der Waals surface area contributed by atoms with Gasteiger partial charge in [0.1, 0.15) is 6.33 Å². The van der Waals surface area contributed by atoms with E-state index in [2.05, 4.69) is 27.6 Å². The van der Waals surface area contributed by atoms with Gasteiger partial charge in [0.05, 0.1) is 12.5 Å². The van der Waals surface area contributed by atoms with Crippen LogP contribution in [0.2, 0.25) is 0 Å². The Balaban J connectivity index is 1.57. The summed E-state index contributed by atoms with van der Waals surface area (Å²) in [5.41, 5.74) is 2.45. The van der Waals surface area contributed by atoms with E-state index in [9.17, 15) is 4.79 Å². The van der Waals surface area contributed by atoms with Crippen molar-refractivity contribution in [3.63, 3.8) is 0 Å². The highest BCUT2D eigenvalue weighted by molar-refractivity contribution is 5.84. The minimum atomic E-state index is -0.0453. The molecule has 1 N–H and O–H groups in total. The topological polar surface area (TPSA) is 69.0 Å². The van der Waals surface area contributed by atoms with E-state index < -0.39 is 0 Å². The van der Waals surface area contributed by atoms with Crippen LogP contribution in [0, 0.1) is 0 Å². The van der Waals surface area contributed by atoms with E-state index in [1.165, 1.54) is 5.56 Å². The third-order valence-corrected chi connectivity index (χ3v) is 4.31. The molecule has 2 aromatic rings. The first-order valence-corrected chi connectivity index (χ1v) is 8.00. The number of benzene rings is 1. The summed E-state index contributed by atoms with van der Waals surface area (Å²) in [7, 11) is 1.69. The molecule has 1 amide bonds. The van der Waals surface area contributed by atoms with E-state index in [1.54, 1.807) is 13.4 Å². The summed E-state index contributed by atoms with van der Waals surface area (Å²) in [5.74, 6) is 0.804. The highest BCUT2D eigenvalue weighted by Gasteiger charge is 2.28. The second kappa shape index (κ2) is 7.37. The van der Waals surface area contributed by atoms with Gasteiger partial charge in [0.2, 0.25) is 5.91 Å². The summed E-state index contributed by atoms with van der Waals surface area (Å²) in [6, 6.07) is 8.19. The molecule has 1 aromatic heterocycles. The predicted molar refractivity (Wildman–Crippen MR) is 85.9 cm³/mol. The Labute approximate surface area is 135 Å². The molecule has 3 rings (SSSR count).